The van der Waals surface area contributed by atoms with E-state index >= 15 is 0 Å². The molecule has 0 saturated heterocycles. The zero-order chi connectivity index (χ0) is 25.8. The third kappa shape index (κ3) is 6.13. The van der Waals surface area contributed by atoms with Gasteiger partial charge in [-0.2, -0.15) is 0 Å². The van der Waals surface area contributed by atoms with Crippen molar-refractivity contribution in [1.82, 2.24) is 0 Å². The van der Waals surface area contributed by atoms with Crippen LogP contribution in [0.5, 0.6) is 23.0 Å². The van der Waals surface area contributed by atoms with Gasteiger partial charge in [-0.1, -0.05) is 55.0 Å². The lowest BCUT2D eigenvalue weighted by Gasteiger charge is -2.28. The second-order valence-corrected chi connectivity index (χ2v) is 10.7. The van der Waals surface area contributed by atoms with Gasteiger partial charge in [-0.15, -0.1) is 0 Å². The third-order valence-electron chi connectivity index (χ3n) is 6.11. The Hall–Kier alpha value is -2.95. The van der Waals surface area contributed by atoms with Crippen LogP contribution in [0.25, 0.3) is 0 Å². The van der Waals surface area contributed by atoms with Crippen LogP contribution in [0.15, 0.2) is 36.9 Å². The highest BCUT2D eigenvalue weighted by Crippen LogP contribution is 2.44. The number of ether oxygens (including phenoxy) is 3. The maximum Gasteiger partial charge on any atom is 0.335 e. The fourth-order valence-corrected chi connectivity index (χ4v) is 4.11. The van der Waals surface area contributed by atoms with Gasteiger partial charge in [0, 0.05) is 22.8 Å². The third-order valence-corrected chi connectivity index (χ3v) is 6.11. The molecule has 1 atom stereocenters. The van der Waals surface area contributed by atoms with Crippen LogP contribution in [0.3, 0.4) is 0 Å². The van der Waals surface area contributed by atoms with Crippen molar-refractivity contribution in [1.29, 1.82) is 0 Å². The standard InChI is InChI=1S/C29H40O5/c1-11-18(13-19-14-20(32-9)16-23(26(19)31)28(3,4)5)22-15-21(33-10)17-24(29(6,7)8)27(22)34-25(30)12-2/h12,14-18,31H,2,11,13H2,1,3-10H3. The van der Waals surface area contributed by atoms with Crippen LogP contribution < -0.4 is 14.2 Å². The first-order valence-corrected chi connectivity index (χ1v) is 11.7. The minimum atomic E-state index is -0.508. The maximum absolute atomic E-state index is 12.3. The highest BCUT2D eigenvalue weighted by molar-refractivity contribution is 5.84. The highest BCUT2D eigenvalue weighted by atomic mass is 16.5. The van der Waals surface area contributed by atoms with Gasteiger partial charge in [-0.05, 0) is 59.4 Å². The summed E-state index contributed by atoms with van der Waals surface area (Å²) in [4.78, 5) is 12.3. The summed E-state index contributed by atoms with van der Waals surface area (Å²) in [6, 6.07) is 7.62. The summed E-state index contributed by atoms with van der Waals surface area (Å²) in [5, 5.41) is 11.2. The number of hydrogen-bond donors (Lipinski definition) is 1. The average Bonchev–Trinajstić information content (AvgIpc) is 2.76. The molecule has 1 N–H and O–H groups in total. The lowest BCUT2D eigenvalue weighted by Crippen LogP contribution is -2.19. The molecule has 1 unspecified atom stereocenters. The van der Waals surface area contributed by atoms with Crippen LogP contribution >= 0.6 is 0 Å². The number of rotatable bonds is 8. The van der Waals surface area contributed by atoms with Crippen molar-refractivity contribution in [3.8, 4) is 23.0 Å². The Morgan fingerprint density at radius 3 is 1.97 bits per heavy atom. The Balaban J connectivity index is 2.74. The van der Waals surface area contributed by atoms with Crippen molar-refractivity contribution in [3.63, 3.8) is 0 Å². The maximum atomic E-state index is 12.3. The molecule has 0 radical (unpaired) electrons. The van der Waals surface area contributed by atoms with E-state index in [1.807, 2.05) is 24.3 Å². The first kappa shape index (κ1) is 27.3. The molecule has 0 aliphatic rings. The predicted molar refractivity (Wildman–Crippen MR) is 138 cm³/mol. The van der Waals surface area contributed by atoms with Crippen LogP contribution in [0.4, 0.5) is 0 Å². The Kier molecular flexibility index (Phi) is 8.46. The first-order valence-electron chi connectivity index (χ1n) is 11.7. The quantitative estimate of drug-likeness (QED) is 0.261. The Bertz CT molecular complexity index is 1040. The molecule has 34 heavy (non-hydrogen) atoms. The lowest BCUT2D eigenvalue weighted by atomic mass is 9.80. The number of phenols is 1. The molecule has 2 aromatic carbocycles. The molecule has 2 rings (SSSR count). The molecule has 0 bridgehead atoms. The van der Waals surface area contributed by atoms with Gasteiger partial charge in [-0.3, -0.25) is 0 Å². The van der Waals surface area contributed by atoms with E-state index in [2.05, 4.69) is 55.0 Å². The summed E-state index contributed by atoms with van der Waals surface area (Å²) in [6.07, 6.45) is 2.47. The highest BCUT2D eigenvalue weighted by Gasteiger charge is 2.29. The van der Waals surface area contributed by atoms with Gasteiger partial charge in [0.1, 0.15) is 23.0 Å². The fourth-order valence-electron chi connectivity index (χ4n) is 4.11. The molecule has 0 spiro atoms. The number of benzene rings is 2. The summed E-state index contributed by atoms with van der Waals surface area (Å²) in [5.74, 6) is 1.65. The van der Waals surface area contributed by atoms with Gasteiger partial charge in [-0.25, -0.2) is 4.79 Å². The zero-order valence-electron chi connectivity index (χ0n) is 22.2. The first-order chi connectivity index (χ1) is 15.8. The fraction of sp³-hybridized carbons (Fsp3) is 0.483. The zero-order valence-corrected chi connectivity index (χ0v) is 22.2. The molecule has 0 aliphatic carbocycles. The molecule has 0 saturated carbocycles. The minimum absolute atomic E-state index is 0.0466. The van der Waals surface area contributed by atoms with Crippen LogP contribution in [0.1, 0.15) is 83.1 Å². The van der Waals surface area contributed by atoms with Crippen molar-refractivity contribution < 1.29 is 24.1 Å². The molecular formula is C29H40O5. The van der Waals surface area contributed by atoms with E-state index < -0.39 is 5.97 Å². The molecular weight excluding hydrogens is 428 g/mol. The normalized spacial score (nSPS) is 12.7. The largest absolute Gasteiger partial charge is 0.507 e. The number of hydrogen-bond acceptors (Lipinski definition) is 5. The van der Waals surface area contributed by atoms with Crippen LogP contribution in [0, 0.1) is 0 Å². The molecule has 0 aliphatic heterocycles. The van der Waals surface area contributed by atoms with Gasteiger partial charge in [0.2, 0.25) is 0 Å². The molecule has 186 valence electrons. The second-order valence-electron chi connectivity index (χ2n) is 10.7. The van der Waals surface area contributed by atoms with Crippen molar-refractivity contribution in [2.45, 2.75) is 78.1 Å². The number of aromatic hydroxyl groups is 1. The molecule has 0 amide bonds. The van der Waals surface area contributed by atoms with Gasteiger partial charge in [0.25, 0.3) is 0 Å². The van der Waals surface area contributed by atoms with Gasteiger partial charge in [0.15, 0.2) is 0 Å². The van der Waals surface area contributed by atoms with E-state index in [9.17, 15) is 9.90 Å². The monoisotopic (exact) mass is 468 g/mol. The molecule has 2 aromatic rings. The topological polar surface area (TPSA) is 65.0 Å². The summed E-state index contributed by atoms with van der Waals surface area (Å²) in [7, 11) is 3.26. The second kappa shape index (κ2) is 10.5. The molecule has 0 heterocycles. The summed E-state index contributed by atoms with van der Waals surface area (Å²) < 4.78 is 17.0. The average molecular weight is 469 g/mol. The number of esters is 1. The van der Waals surface area contributed by atoms with Gasteiger partial charge < -0.3 is 19.3 Å². The molecule has 0 fully saturated rings. The van der Waals surface area contributed by atoms with E-state index in [0.29, 0.717) is 23.7 Å². The number of methoxy groups -OCH3 is 2. The number of carbonyl (C=O) groups is 1. The lowest BCUT2D eigenvalue weighted by molar-refractivity contribution is -0.129. The summed E-state index contributed by atoms with van der Waals surface area (Å²) in [6.45, 7) is 18.0. The molecule has 5 nitrogen and oxygen atoms in total. The van der Waals surface area contributed by atoms with E-state index in [1.54, 1.807) is 14.2 Å². The minimum Gasteiger partial charge on any atom is -0.507 e. The van der Waals surface area contributed by atoms with Crippen molar-refractivity contribution in [2.75, 3.05) is 14.2 Å². The van der Waals surface area contributed by atoms with Crippen LogP contribution in [0.2, 0.25) is 0 Å². The summed E-state index contributed by atoms with van der Waals surface area (Å²) >= 11 is 0. The van der Waals surface area contributed by atoms with Gasteiger partial charge in [0.05, 0.1) is 14.2 Å². The Labute approximate surface area is 204 Å². The Morgan fingerprint density at radius 2 is 1.50 bits per heavy atom. The SMILES string of the molecule is C=CC(=O)Oc1c(C(CC)Cc2cc(OC)cc(C(C)(C)C)c2O)cc(OC)cc1C(C)(C)C. The Morgan fingerprint density at radius 1 is 0.971 bits per heavy atom. The van der Waals surface area contributed by atoms with Crippen LogP contribution in [-0.4, -0.2) is 25.3 Å². The van der Waals surface area contributed by atoms with E-state index in [-0.39, 0.29) is 22.5 Å². The van der Waals surface area contributed by atoms with E-state index in [1.165, 1.54) is 6.08 Å². The van der Waals surface area contributed by atoms with Crippen molar-refractivity contribution in [2.24, 2.45) is 0 Å². The van der Waals surface area contributed by atoms with Gasteiger partial charge >= 0.3 is 5.97 Å². The molecule has 5 heteroatoms. The number of phenolic OH excluding ortho intramolecular Hbond substituents is 1. The van der Waals surface area contributed by atoms with Crippen molar-refractivity contribution in [3.05, 3.63) is 59.2 Å². The van der Waals surface area contributed by atoms with E-state index in [4.69, 9.17) is 14.2 Å². The predicted octanol–water partition coefficient (Wildman–Crippen LogP) is 6.83. The summed E-state index contributed by atoms with van der Waals surface area (Å²) in [5.41, 5.74) is 2.81. The number of carbonyl (C=O) groups excluding carboxylic acids is 1. The molecule has 0 aromatic heterocycles. The van der Waals surface area contributed by atoms with Crippen molar-refractivity contribution >= 4 is 5.97 Å². The smallest absolute Gasteiger partial charge is 0.335 e. The van der Waals surface area contributed by atoms with E-state index in [0.717, 1.165) is 28.7 Å². The van der Waals surface area contributed by atoms with Crippen LogP contribution in [-0.2, 0) is 22.0 Å².